The molecule has 0 heterocycles. The van der Waals surface area contributed by atoms with Gasteiger partial charge in [0.05, 0.1) is 24.3 Å². The van der Waals surface area contributed by atoms with Crippen LogP contribution in [0, 0.1) is 23.3 Å². The molecule has 0 saturated heterocycles. The van der Waals surface area contributed by atoms with E-state index in [1.807, 2.05) is 0 Å². The summed E-state index contributed by atoms with van der Waals surface area (Å²) in [5, 5.41) is 8.31. The van der Waals surface area contributed by atoms with E-state index < -0.39 is 54.4 Å². The molecule has 7 heteroatoms. The summed E-state index contributed by atoms with van der Waals surface area (Å²) in [6.07, 6.45) is 0. The topological polar surface area (TPSA) is 38.7 Å². The van der Waals surface area contributed by atoms with E-state index in [4.69, 9.17) is 5.11 Å². The van der Waals surface area contributed by atoms with Crippen molar-refractivity contribution in [2.24, 2.45) is 0 Å². The van der Waals surface area contributed by atoms with E-state index in [1.54, 1.807) is 0 Å². The Hall–Kier alpha value is -1.18. The lowest BCUT2D eigenvalue weighted by atomic mass is 10.1. The minimum Gasteiger partial charge on any atom is -0.380 e. The molecular formula is C10H10F4O3. The lowest BCUT2D eigenvalue weighted by molar-refractivity contribution is -0.0137. The average Bonchev–Trinajstić information content (AvgIpc) is 2.32. The Bertz CT molecular complexity index is 380. The van der Waals surface area contributed by atoms with Crippen LogP contribution in [-0.4, -0.2) is 19.0 Å². The molecule has 0 aliphatic heterocycles. The molecule has 0 saturated carbocycles. The van der Waals surface area contributed by atoms with Crippen molar-refractivity contribution in [2.75, 3.05) is 13.9 Å². The molecule has 1 rings (SSSR count). The van der Waals surface area contributed by atoms with Crippen LogP contribution in [0.5, 0.6) is 0 Å². The summed E-state index contributed by atoms with van der Waals surface area (Å²) in [6, 6.07) is 0. The van der Waals surface area contributed by atoms with Crippen molar-refractivity contribution in [2.45, 2.75) is 13.2 Å². The minimum absolute atomic E-state index is 0.591. The average molecular weight is 254 g/mol. The summed E-state index contributed by atoms with van der Waals surface area (Å²) >= 11 is 0. The maximum Gasteiger partial charge on any atom is 0.167 e. The molecule has 0 aliphatic rings. The van der Waals surface area contributed by atoms with E-state index >= 15 is 0 Å². The van der Waals surface area contributed by atoms with Gasteiger partial charge in [0, 0.05) is 7.11 Å². The monoisotopic (exact) mass is 254 g/mol. The van der Waals surface area contributed by atoms with Gasteiger partial charge in [0.25, 0.3) is 0 Å². The lowest BCUT2D eigenvalue weighted by Crippen LogP contribution is -2.10. The zero-order valence-electron chi connectivity index (χ0n) is 8.90. The van der Waals surface area contributed by atoms with Crippen molar-refractivity contribution in [1.29, 1.82) is 0 Å². The number of rotatable bonds is 5. The van der Waals surface area contributed by atoms with Crippen LogP contribution >= 0.6 is 0 Å². The highest BCUT2D eigenvalue weighted by molar-refractivity contribution is 5.29. The van der Waals surface area contributed by atoms with E-state index in [0.29, 0.717) is 0 Å². The number of hydrogen-bond donors (Lipinski definition) is 1. The molecule has 0 spiro atoms. The third-order valence-corrected chi connectivity index (χ3v) is 2.07. The summed E-state index contributed by atoms with van der Waals surface area (Å²) in [4.78, 5) is 0. The Kier molecular flexibility index (Phi) is 4.86. The number of halogens is 4. The summed E-state index contributed by atoms with van der Waals surface area (Å²) < 4.78 is 62.1. The minimum atomic E-state index is -1.55. The van der Waals surface area contributed by atoms with Crippen molar-refractivity contribution < 1.29 is 32.1 Å². The Balaban J connectivity index is 3.26. The molecule has 0 atom stereocenters. The molecular weight excluding hydrogens is 244 g/mol. The fourth-order valence-corrected chi connectivity index (χ4v) is 1.27. The maximum atomic E-state index is 13.4. The Morgan fingerprint density at radius 3 is 1.65 bits per heavy atom. The fourth-order valence-electron chi connectivity index (χ4n) is 1.27. The van der Waals surface area contributed by atoms with E-state index in [2.05, 4.69) is 9.47 Å². The predicted molar refractivity (Wildman–Crippen MR) is 48.9 cm³/mol. The van der Waals surface area contributed by atoms with Crippen LogP contribution in [0.2, 0.25) is 0 Å². The SMILES string of the molecule is COCc1c(F)c(F)c(COCO)c(F)c1F. The van der Waals surface area contributed by atoms with Gasteiger partial charge in [-0.1, -0.05) is 0 Å². The summed E-state index contributed by atoms with van der Waals surface area (Å²) in [5.41, 5.74) is -1.73. The van der Waals surface area contributed by atoms with Crippen LogP contribution in [0.4, 0.5) is 17.6 Å². The summed E-state index contributed by atoms with van der Waals surface area (Å²) in [5.74, 6) is -6.15. The van der Waals surface area contributed by atoms with Gasteiger partial charge in [-0.3, -0.25) is 0 Å². The van der Waals surface area contributed by atoms with Gasteiger partial charge in [0.2, 0.25) is 0 Å². The molecule has 17 heavy (non-hydrogen) atoms. The van der Waals surface area contributed by atoms with E-state index in [0.717, 1.165) is 7.11 Å². The van der Waals surface area contributed by atoms with Crippen molar-refractivity contribution in [3.8, 4) is 0 Å². The maximum absolute atomic E-state index is 13.4. The molecule has 0 amide bonds. The molecule has 0 unspecified atom stereocenters. The van der Waals surface area contributed by atoms with Gasteiger partial charge in [-0.2, -0.15) is 0 Å². The first-order chi connectivity index (χ1) is 8.04. The van der Waals surface area contributed by atoms with Crippen molar-refractivity contribution in [1.82, 2.24) is 0 Å². The van der Waals surface area contributed by atoms with Gasteiger partial charge in [-0.05, 0) is 0 Å². The van der Waals surface area contributed by atoms with Crippen molar-refractivity contribution in [3.63, 3.8) is 0 Å². The number of hydrogen-bond acceptors (Lipinski definition) is 3. The highest BCUT2D eigenvalue weighted by atomic mass is 19.2. The molecule has 0 aliphatic carbocycles. The van der Waals surface area contributed by atoms with Gasteiger partial charge in [-0.25, -0.2) is 17.6 Å². The van der Waals surface area contributed by atoms with Crippen LogP contribution in [0.15, 0.2) is 0 Å². The number of benzene rings is 1. The number of methoxy groups -OCH3 is 1. The van der Waals surface area contributed by atoms with Crippen LogP contribution in [0.3, 0.4) is 0 Å². The smallest absolute Gasteiger partial charge is 0.167 e. The highest BCUT2D eigenvalue weighted by Crippen LogP contribution is 2.25. The molecule has 1 aromatic carbocycles. The molecule has 0 aromatic heterocycles. The Morgan fingerprint density at radius 1 is 0.882 bits per heavy atom. The van der Waals surface area contributed by atoms with E-state index in [1.165, 1.54) is 0 Å². The first-order valence-electron chi connectivity index (χ1n) is 4.55. The Morgan fingerprint density at radius 2 is 1.29 bits per heavy atom. The molecule has 1 N–H and O–H groups in total. The third-order valence-electron chi connectivity index (χ3n) is 2.07. The van der Waals surface area contributed by atoms with Crippen LogP contribution in [-0.2, 0) is 22.7 Å². The van der Waals surface area contributed by atoms with Gasteiger partial charge >= 0.3 is 0 Å². The van der Waals surface area contributed by atoms with E-state index in [-0.39, 0.29) is 0 Å². The summed E-state index contributed by atoms with van der Waals surface area (Å²) in [7, 11) is 1.14. The molecule has 96 valence electrons. The molecule has 0 bridgehead atoms. The van der Waals surface area contributed by atoms with Gasteiger partial charge in [0.15, 0.2) is 23.3 Å². The lowest BCUT2D eigenvalue weighted by Gasteiger charge is -2.11. The second-order valence-electron chi connectivity index (χ2n) is 3.12. The zero-order chi connectivity index (χ0) is 13.0. The van der Waals surface area contributed by atoms with Gasteiger partial charge < -0.3 is 14.6 Å². The zero-order valence-corrected chi connectivity index (χ0v) is 8.90. The number of ether oxygens (including phenoxy) is 2. The van der Waals surface area contributed by atoms with Crippen molar-refractivity contribution >= 4 is 0 Å². The first kappa shape index (κ1) is 13.9. The van der Waals surface area contributed by atoms with Crippen molar-refractivity contribution in [3.05, 3.63) is 34.4 Å². The first-order valence-corrected chi connectivity index (χ1v) is 4.55. The van der Waals surface area contributed by atoms with Crippen LogP contribution < -0.4 is 0 Å². The molecule has 0 radical (unpaired) electrons. The van der Waals surface area contributed by atoms with Crippen LogP contribution in [0.25, 0.3) is 0 Å². The second kappa shape index (κ2) is 5.95. The molecule has 3 nitrogen and oxygen atoms in total. The Labute approximate surface area is 94.6 Å². The largest absolute Gasteiger partial charge is 0.380 e. The van der Waals surface area contributed by atoms with Crippen LogP contribution in [0.1, 0.15) is 11.1 Å². The van der Waals surface area contributed by atoms with E-state index in [9.17, 15) is 17.6 Å². The van der Waals surface area contributed by atoms with Gasteiger partial charge in [0.1, 0.15) is 6.79 Å². The second-order valence-corrected chi connectivity index (χ2v) is 3.12. The predicted octanol–water partition coefficient (Wildman–Crippen LogP) is 1.86. The fraction of sp³-hybridized carbons (Fsp3) is 0.400. The number of aliphatic hydroxyl groups excluding tert-OH is 1. The number of aliphatic hydroxyl groups is 1. The quantitative estimate of drug-likeness (QED) is 0.495. The standard InChI is InChI=1S/C10H10F4O3/c1-16-2-5-7(11)9(13)6(3-17-4-15)10(14)8(5)12/h15H,2-4H2,1H3. The highest BCUT2D eigenvalue weighted by Gasteiger charge is 2.25. The molecule has 1 aromatic rings. The molecule has 0 fully saturated rings. The normalized spacial score (nSPS) is 10.9. The third kappa shape index (κ3) is 2.74. The van der Waals surface area contributed by atoms with Gasteiger partial charge in [-0.15, -0.1) is 0 Å². The summed E-state index contributed by atoms with van der Waals surface area (Å²) in [6.45, 7) is -2.18.